The summed E-state index contributed by atoms with van der Waals surface area (Å²) in [5.74, 6) is 0.234. The van der Waals surface area contributed by atoms with Crippen molar-refractivity contribution < 1.29 is 10.2 Å². The van der Waals surface area contributed by atoms with Gasteiger partial charge in [0.05, 0.1) is 11.6 Å². The highest BCUT2D eigenvalue weighted by Gasteiger charge is 2.12. The molecule has 0 saturated heterocycles. The van der Waals surface area contributed by atoms with Crippen LogP contribution in [-0.2, 0) is 6.42 Å². The Bertz CT molecular complexity index is 717. The van der Waals surface area contributed by atoms with Gasteiger partial charge in [0.25, 0.3) is 0 Å². The summed E-state index contributed by atoms with van der Waals surface area (Å²) in [5.41, 5.74) is 2.75. The number of fused-ring (bicyclic) bond motifs is 1. The molecule has 0 fully saturated rings. The van der Waals surface area contributed by atoms with Crippen LogP contribution < -0.4 is 0 Å². The fraction of sp³-hybridized carbons (Fsp3) is 0.118. The number of phenols is 1. The highest BCUT2D eigenvalue weighted by molar-refractivity contribution is 5.82. The molecule has 2 N–H and O–H groups in total. The van der Waals surface area contributed by atoms with Crippen molar-refractivity contribution >= 4 is 10.9 Å². The second kappa shape index (κ2) is 5.31. The maximum absolute atomic E-state index is 10.5. The van der Waals surface area contributed by atoms with Crippen LogP contribution in [-0.4, -0.2) is 15.2 Å². The molecule has 20 heavy (non-hydrogen) atoms. The van der Waals surface area contributed by atoms with Gasteiger partial charge in [0, 0.05) is 18.0 Å². The Kier molecular flexibility index (Phi) is 3.35. The Morgan fingerprint density at radius 2 is 1.70 bits per heavy atom. The lowest BCUT2D eigenvalue weighted by atomic mass is 9.98. The maximum atomic E-state index is 10.5. The summed E-state index contributed by atoms with van der Waals surface area (Å²) in [6.07, 6.45) is 1.64. The summed E-state index contributed by atoms with van der Waals surface area (Å²) < 4.78 is 0. The smallest absolute Gasteiger partial charge is 0.115 e. The van der Waals surface area contributed by atoms with Crippen LogP contribution in [0.25, 0.3) is 10.9 Å². The van der Waals surface area contributed by atoms with Gasteiger partial charge in [-0.25, -0.2) is 0 Å². The zero-order valence-corrected chi connectivity index (χ0v) is 10.9. The number of aliphatic hydroxyl groups is 1. The quantitative estimate of drug-likeness (QED) is 0.764. The molecule has 0 unspecified atom stereocenters. The van der Waals surface area contributed by atoms with Crippen LogP contribution in [0.4, 0.5) is 0 Å². The third-order valence-electron chi connectivity index (χ3n) is 3.41. The van der Waals surface area contributed by atoms with E-state index in [1.54, 1.807) is 18.3 Å². The normalized spacial score (nSPS) is 12.4. The van der Waals surface area contributed by atoms with Gasteiger partial charge >= 0.3 is 0 Å². The van der Waals surface area contributed by atoms with Gasteiger partial charge in [0.2, 0.25) is 0 Å². The van der Waals surface area contributed by atoms with E-state index in [-0.39, 0.29) is 5.75 Å². The average molecular weight is 265 g/mol. The van der Waals surface area contributed by atoms with E-state index in [9.17, 15) is 10.2 Å². The number of pyridine rings is 1. The van der Waals surface area contributed by atoms with Crippen molar-refractivity contribution in [1.82, 2.24) is 4.98 Å². The highest BCUT2D eigenvalue weighted by atomic mass is 16.3. The SMILES string of the molecule is Oc1ccc(C[C@H](O)c2ccnc3ccccc23)cc1. The Hall–Kier alpha value is -2.39. The number of para-hydroxylation sites is 1. The van der Waals surface area contributed by atoms with E-state index in [2.05, 4.69) is 4.98 Å². The summed E-state index contributed by atoms with van der Waals surface area (Å²) in [7, 11) is 0. The zero-order valence-electron chi connectivity index (χ0n) is 10.9. The monoisotopic (exact) mass is 265 g/mol. The topological polar surface area (TPSA) is 53.4 Å². The van der Waals surface area contributed by atoms with E-state index in [0.717, 1.165) is 22.0 Å². The zero-order chi connectivity index (χ0) is 13.9. The number of aromatic nitrogens is 1. The van der Waals surface area contributed by atoms with Crippen LogP contribution in [0.1, 0.15) is 17.2 Å². The Morgan fingerprint density at radius 1 is 0.950 bits per heavy atom. The fourth-order valence-corrected chi connectivity index (χ4v) is 2.37. The van der Waals surface area contributed by atoms with Gasteiger partial charge in [-0.15, -0.1) is 0 Å². The molecule has 0 aliphatic heterocycles. The molecule has 0 radical (unpaired) electrons. The highest BCUT2D eigenvalue weighted by Crippen LogP contribution is 2.25. The lowest BCUT2D eigenvalue weighted by molar-refractivity contribution is 0.180. The number of aromatic hydroxyl groups is 1. The summed E-state index contributed by atoms with van der Waals surface area (Å²) in [4.78, 5) is 4.30. The van der Waals surface area contributed by atoms with Crippen LogP contribution in [0.2, 0.25) is 0 Å². The van der Waals surface area contributed by atoms with E-state index < -0.39 is 6.10 Å². The molecule has 3 nitrogen and oxygen atoms in total. The first-order valence-corrected chi connectivity index (χ1v) is 6.53. The summed E-state index contributed by atoms with van der Waals surface area (Å²) in [5, 5.41) is 20.7. The molecule has 0 bridgehead atoms. The number of phenolic OH excluding ortho intramolecular Hbond substituents is 1. The van der Waals surface area contributed by atoms with Crippen LogP contribution >= 0.6 is 0 Å². The van der Waals surface area contributed by atoms with Gasteiger partial charge in [0.1, 0.15) is 5.75 Å². The molecule has 3 aromatic rings. The molecule has 0 spiro atoms. The molecule has 0 aliphatic rings. The lowest BCUT2D eigenvalue weighted by Gasteiger charge is -2.13. The number of benzene rings is 2. The van der Waals surface area contributed by atoms with Gasteiger partial charge in [-0.2, -0.15) is 0 Å². The second-order valence-electron chi connectivity index (χ2n) is 4.80. The van der Waals surface area contributed by atoms with Crippen LogP contribution in [0.15, 0.2) is 60.8 Å². The van der Waals surface area contributed by atoms with Gasteiger partial charge in [-0.3, -0.25) is 4.98 Å². The molecule has 1 heterocycles. The summed E-state index contributed by atoms with van der Waals surface area (Å²) in [6, 6.07) is 16.5. The van der Waals surface area contributed by atoms with Crippen LogP contribution in [0.5, 0.6) is 5.75 Å². The van der Waals surface area contributed by atoms with Gasteiger partial charge < -0.3 is 10.2 Å². The van der Waals surface area contributed by atoms with Crippen molar-refractivity contribution in [2.45, 2.75) is 12.5 Å². The van der Waals surface area contributed by atoms with Crippen LogP contribution in [0, 0.1) is 0 Å². The number of hydrogen-bond donors (Lipinski definition) is 2. The lowest BCUT2D eigenvalue weighted by Crippen LogP contribution is -2.03. The average Bonchev–Trinajstić information content (AvgIpc) is 2.49. The van der Waals surface area contributed by atoms with E-state index >= 15 is 0 Å². The van der Waals surface area contributed by atoms with Crippen molar-refractivity contribution in [2.75, 3.05) is 0 Å². The van der Waals surface area contributed by atoms with Crippen molar-refractivity contribution in [3.05, 3.63) is 71.9 Å². The number of nitrogens with zero attached hydrogens (tertiary/aromatic N) is 1. The molecule has 0 amide bonds. The standard InChI is InChI=1S/C17H15NO2/c19-13-7-5-12(6-8-13)11-17(20)15-9-10-18-16-4-2-1-3-14(15)16/h1-10,17,19-20H,11H2/t17-/m0/s1. The maximum Gasteiger partial charge on any atom is 0.115 e. The van der Waals surface area contributed by atoms with Gasteiger partial charge in [-0.05, 0) is 35.4 Å². The molecule has 100 valence electrons. The van der Waals surface area contributed by atoms with Gasteiger partial charge in [0.15, 0.2) is 0 Å². The first kappa shape index (κ1) is 12.6. The van der Waals surface area contributed by atoms with E-state index in [0.29, 0.717) is 6.42 Å². The first-order chi connectivity index (χ1) is 9.74. The molecule has 1 atom stereocenters. The second-order valence-corrected chi connectivity index (χ2v) is 4.80. The van der Waals surface area contributed by atoms with Crippen LogP contribution in [0.3, 0.4) is 0 Å². The molecule has 3 rings (SSSR count). The Balaban J connectivity index is 1.92. The molecule has 1 aromatic heterocycles. The van der Waals surface area contributed by atoms with Crippen molar-refractivity contribution in [3.8, 4) is 5.75 Å². The third-order valence-corrected chi connectivity index (χ3v) is 3.41. The largest absolute Gasteiger partial charge is 0.508 e. The molecular weight excluding hydrogens is 250 g/mol. The molecule has 2 aromatic carbocycles. The number of rotatable bonds is 3. The van der Waals surface area contributed by atoms with E-state index in [1.165, 1.54) is 0 Å². The van der Waals surface area contributed by atoms with Crippen molar-refractivity contribution in [2.24, 2.45) is 0 Å². The molecule has 0 aliphatic carbocycles. The number of aliphatic hydroxyl groups excluding tert-OH is 1. The predicted octanol–water partition coefficient (Wildman–Crippen LogP) is 3.22. The minimum atomic E-state index is -0.590. The van der Waals surface area contributed by atoms with Crippen molar-refractivity contribution in [1.29, 1.82) is 0 Å². The Morgan fingerprint density at radius 3 is 2.50 bits per heavy atom. The molecular formula is C17H15NO2. The van der Waals surface area contributed by atoms with Crippen molar-refractivity contribution in [3.63, 3.8) is 0 Å². The fourth-order valence-electron chi connectivity index (χ4n) is 2.37. The minimum absolute atomic E-state index is 0.234. The Labute approximate surface area is 117 Å². The predicted molar refractivity (Wildman–Crippen MR) is 78.5 cm³/mol. The molecule has 3 heteroatoms. The summed E-state index contributed by atoms with van der Waals surface area (Å²) >= 11 is 0. The summed E-state index contributed by atoms with van der Waals surface area (Å²) in [6.45, 7) is 0. The number of hydrogen-bond acceptors (Lipinski definition) is 3. The van der Waals surface area contributed by atoms with E-state index in [4.69, 9.17) is 0 Å². The van der Waals surface area contributed by atoms with Gasteiger partial charge in [-0.1, -0.05) is 30.3 Å². The first-order valence-electron chi connectivity index (χ1n) is 6.53. The molecule has 0 saturated carbocycles. The van der Waals surface area contributed by atoms with E-state index in [1.807, 2.05) is 42.5 Å². The minimum Gasteiger partial charge on any atom is -0.508 e. The third kappa shape index (κ3) is 2.49.